The third-order valence-corrected chi connectivity index (χ3v) is 5.51. The molecule has 0 bridgehead atoms. The van der Waals surface area contributed by atoms with Crippen LogP contribution >= 0.6 is 0 Å². The van der Waals surface area contributed by atoms with Gasteiger partial charge < -0.3 is 9.66 Å². The van der Waals surface area contributed by atoms with E-state index in [9.17, 15) is 18.1 Å². The summed E-state index contributed by atoms with van der Waals surface area (Å²) in [7, 11) is -4.16. The summed E-state index contributed by atoms with van der Waals surface area (Å²) in [5.41, 5.74) is 0. The van der Waals surface area contributed by atoms with Crippen LogP contribution in [-0.4, -0.2) is 29.4 Å². The Bertz CT molecular complexity index is 347. The Labute approximate surface area is 186 Å². The van der Waals surface area contributed by atoms with Gasteiger partial charge in [0.05, 0.1) is 16.2 Å². The minimum Gasteiger partial charge on any atom is -0.748 e. The molecule has 2 atom stereocenters. The van der Waals surface area contributed by atoms with Crippen molar-refractivity contribution < 1.29 is 69.5 Å². The van der Waals surface area contributed by atoms with Gasteiger partial charge in [-0.25, -0.2) is 8.42 Å². The molecule has 1 N–H and O–H groups in total. The van der Waals surface area contributed by atoms with Crippen molar-refractivity contribution in [3.63, 3.8) is 0 Å². The first-order valence-corrected chi connectivity index (χ1v) is 10.5. The minimum absolute atomic E-state index is 0. The third-order valence-electron chi connectivity index (χ3n) is 4.22. The normalized spacial score (nSPS) is 14.3. The molecular formula is C17H35KO4S. The molecule has 0 aromatic rings. The summed E-state index contributed by atoms with van der Waals surface area (Å²) in [5, 5.41) is 8.92. The van der Waals surface area contributed by atoms with Crippen LogP contribution in [0.3, 0.4) is 0 Å². The molecule has 0 fully saturated rings. The van der Waals surface area contributed by atoms with Crippen molar-refractivity contribution in [2.24, 2.45) is 0 Å². The van der Waals surface area contributed by atoms with Gasteiger partial charge in [0.25, 0.3) is 0 Å². The van der Waals surface area contributed by atoms with Gasteiger partial charge in [-0.2, -0.15) is 0 Å². The van der Waals surface area contributed by atoms with Gasteiger partial charge in [0, 0.05) is 5.25 Å². The molecule has 0 aromatic heterocycles. The number of aliphatic hydroxyl groups is 1. The first kappa shape index (κ1) is 26.7. The second-order valence-corrected chi connectivity index (χ2v) is 8.05. The molecule has 2 unspecified atom stereocenters. The zero-order valence-electron chi connectivity index (χ0n) is 15.4. The van der Waals surface area contributed by atoms with Crippen LogP contribution in [0.25, 0.3) is 0 Å². The molecule has 0 saturated carbocycles. The Morgan fingerprint density at radius 2 is 1.26 bits per heavy atom. The number of hydrogen-bond acceptors (Lipinski definition) is 4. The van der Waals surface area contributed by atoms with Crippen LogP contribution < -0.4 is 51.4 Å². The van der Waals surface area contributed by atoms with E-state index in [4.69, 9.17) is 0 Å². The topological polar surface area (TPSA) is 77.4 Å². The van der Waals surface area contributed by atoms with E-state index in [0.29, 0.717) is 12.8 Å². The van der Waals surface area contributed by atoms with Gasteiger partial charge in [0.1, 0.15) is 0 Å². The zero-order valence-corrected chi connectivity index (χ0v) is 19.4. The van der Waals surface area contributed by atoms with Crippen LogP contribution in [0.1, 0.15) is 97.3 Å². The van der Waals surface area contributed by atoms with E-state index in [1.165, 1.54) is 0 Å². The van der Waals surface area contributed by atoms with Crippen molar-refractivity contribution in [2.75, 3.05) is 0 Å². The third kappa shape index (κ3) is 16.7. The molecule has 6 heteroatoms. The van der Waals surface area contributed by atoms with Crippen molar-refractivity contribution in [2.45, 2.75) is 109 Å². The van der Waals surface area contributed by atoms with Crippen LogP contribution in [0.15, 0.2) is 0 Å². The quantitative estimate of drug-likeness (QED) is 0.267. The van der Waals surface area contributed by atoms with Gasteiger partial charge in [-0.3, -0.25) is 0 Å². The number of hydrogen-bond donors (Lipinski definition) is 1. The van der Waals surface area contributed by atoms with E-state index in [1.54, 1.807) is 0 Å². The molecule has 0 aliphatic rings. The molecule has 23 heavy (non-hydrogen) atoms. The molecule has 0 spiro atoms. The van der Waals surface area contributed by atoms with Crippen LogP contribution in [0.5, 0.6) is 0 Å². The van der Waals surface area contributed by atoms with Gasteiger partial charge in [0.15, 0.2) is 0 Å². The summed E-state index contributed by atoms with van der Waals surface area (Å²) < 4.78 is 33.9. The predicted octanol–water partition coefficient (Wildman–Crippen LogP) is 1.38. The first-order valence-electron chi connectivity index (χ1n) is 9.04. The molecule has 134 valence electrons. The standard InChI is InChI=1S/C17H36O4S.K/c1-3-5-6-10-14-17(22(19,20)21)15-11-8-7-9-13-16(18)12-4-2;/h16-18H,3-15H2,1-2H3,(H,19,20,21);/q;+1/p-1. The molecule has 0 radical (unpaired) electrons. The Morgan fingerprint density at radius 1 is 0.783 bits per heavy atom. The van der Waals surface area contributed by atoms with Gasteiger partial charge in [-0.05, 0) is 25.7 Å². The monoisotopic (exact) mass is 374 g/mol. The fraction of sp³-hybridized carbons (Fsp3) is 1.00. The fourth-order valence-electron chi connectivity index (χ4n) is 2.81. The summed E-state index contributed by atoms with van der Waals surface area (Å²) in [5.74, 6) is 0. The van der Waals surface area contributed by atoms with E-state index in [0.717, 1.165) is 70.6 Å². The average Bonchev–Trinajstić information content (AvgIpc) is 2.43. The van der Waals surface area contributed by atoms with E-state index in [-0.39, 0.29) is 57.5 Å². The maximum absolute atomic E-state index is 11.3. The number of aliphatic hydroxyl groups excluding tert-OH is 1. The van der Waals surface area contributed by atoms with Crippen molar-refractivity contribution in [1.29, 1.82) is 0 Å². The smallest absolute Gasteiger partial charge is 0.748 e. The van der Waals surface area contributed by atoms with Crippen LogP contribution in [0.4, 0.5) is 0 Å². The van der Waals surface area contributed by atoms with E-state index >= 15 is 0 Å². The molecule has 0 aliphatic carbocycles. The Kier molecular flexibility index (Phi) is 19.7. The Hall–Kier alpha value is 1.51. The largest absolute Gasteiger partial charge is 1.00 e. The van der Waals surface area contributed by atoms with E-state index < -0.39 is 15.4 Å². The molecule has 0 rings (SSSR count). The summed E-state index contributed by atoms with van der Waals surface area (Å²) in [6.45, 7) is 4.17. The van der Waals surface area contributed by atoms with Gasteiger partial charge >= 0.3 is 51.4 Å². The number of unbranched alkanes of at least 4 members (excludes halogenated alkanes) is 6. The average molecular weight is 375 g/mol. The zero-order chi connectivity index (χ0) is 16.8. The first-order chi connectivity index (χ1) is 10.4. The van der Waals surface area contributed by atoms with Crippen molar-refractivity contribution in [3.8, 4) is 0 Å². The maximum Gasteiger partial charge on any atom is 1.00 e. The van der Waals surface area contributed by atoms with Crippen LogP contribution in [0, 0.1) is 0 Å². The molecule has 0 aliphatic heterocycles. The molecule has 0 saturated heterocycles. The van der Waals surface area contributed by atoms with Gasteiger partial charge in [-0.15, -0.1) is 0 Å². The summed E-state index contributed by atoms with van der Waals surface area (Å²) in [4.78, 5) is 0. The molecular weight excluding hydrogens is 339 g/mol. The SMILES string of the molecule is CCCCCCC(CCCCCCC(O)CCC)S(=O)(=O)[O-].[K+]. The van der Waals surface area contributed by atoms with Crippen LogP contribution in [0.2, 0.25) is 0 Å². The molecule has 0 aromatic carbocycles. The second kappa shape index (κ2) is 16.9. The van der Waals surface area contributed by atoms with E-state index in [2.05, 4.69) is 13.8 Å². The molecule has 0 amide bonds. The second-order valence-electron chi connectivity index (χ2n) is 6.40. The predicted molar refractivity (Wildman–Crippen MR) is 90.9 cm³/mol. The van der Waals surface area contributed by atoms with Crippen molar-refractivity contribution >= 4 is 10.1 Å². The van der Waals surface area contributed by atoms with E-state index in [1.807, 2.05) is 0 Å². The maximum atomic E-state index is 11.3. The minimum atomic E-state index is -4.16. The summed E-state index contributed by atoms with van der Waals surface area (Å²) in [6, 6.07) is 0. The van der Waals surface area contributed by atoms with Gasteiger partial charge in [0.2, 0.25) is 0 Å². The Balaban J connectivity index is 0. The molecule has 0 heterocycles. The van der Waals surface area contributed by atoms with Crippen molar-refractivity contribution in [3.05, 3.63) is 0 Å². The molecule has 4 nitrogen and oxygen atoms in total. The summed E-state index contributed by atoms with van der Waals surface area (Å²) >= 11 is 0. The Morgan fingerprint density at radius 3 is 1.70 bits per heavy atom. The van der Waals surface area contributed by atoms with Crippen molar-refractivity contribution in [1.82, 2.24) is 0 Å². The summed E-state index contributed by atoms with van der Waals surface area (Å²) in [6.07, 6.45) is 11.3. The van der Waals surface area contributed by atoms with Gasteiger partial charge in [-0.1, -0.05) is 71.6 Å². The van der Waals surface area contributed by atoms with Crippen LogP contribution in [-0.2, 0) is 10.1 Å². The number of rotatable bonds is 15. The fourth-order valence-corrected chi connectivity index (χ4v) is 3.73.